The van der Waals surface area contributed by atoms with Crippen LogP contribution in [0.4, 0.5) is 14.6 Å². The molecule has 13 heavy (non-hydrogen) atoms. The average Bonchev–Trinajstić information content (AvgIpc) is 2.08. The molecular formula is C7H7BrF2N2O. The number of nitrogens with two attached hydrogens (primary N) is 1. The van der Waals surface area contributed by atoms with Crippen molar-refractivity contribution in [1.82, 2.24) is 4.98 Å². The van der Waals surface area contributed by atoms with Gasteiger partial charge in [-0.15, -0.1) is 0 Å². The van der Waals surface area contributed by atoms with Gasteiger partial charge in [-0.05, 0) is 22.0 Å². The topological polar surface area (TPSA) is 59.1 Å². The second kappa shape index (κ2) is 3.97. The van der Waals surface area contributed by atoms with Crippen LogP contribution in [-0.2, 0) is 6.61 Å². The lowest BCUT2D eigenvalue weighted by Gasteiger charge is -2.07. The second-order valence-electron chi connectivity index (χ2n) is 2.36. The number of hydrogen-bond acceptors (Lipinski definition) is 3. The van der Waals surface area contributed by atoms with Crippen LogP contribution >= 0.6 is 15.9 Å². The Bertz CT molecular complexity index is 320. The Morgan fingerprint density at radius 3 is 2.69 bits per heavy atom. The van der Waals surface area contributed by atoms with Gasteiger partial charge in [0.2, 0.25) is 0 Å². The van der Waals surface area contributed by atoms with E-state index in [4.69, 9.17) is 10.8 Å². The lowest BCUT2D eigenvalue weighted by molar-refractivity contribution is 0.141. The molecule has 1 aromatic rings. The van der Waals surface area contributed by atoms with E-state index in [1.165, 1.54) is 6.07 Å². The third-order valence-electron chi connectivity index (χ3n) is 1.49. The minimum Gasteiger partial charge on any atom is -0.392 e. The number of pyridine rings is 1. The Kier molecular flexibility index (Phi) is 3.16. The highest BCUT2D eigenvalue weighted by Crippen LogP contribution is 2.27. The summed E-state index contributed by atoms with van der Waals surface area (Å²) >= 11 is 3.03. The number of nitrogen functional groups attached to an aromatic ring is 1. The Labute approximate surface area is 81.7 Å². The van der Waals surface area contributed by atoms with E-state index < -0.39 is 18.7 Å². The fourth-order valence-electron chi connectivity index (χ4n) is 0.871. The zero-order valence-electron chi connectivity index (χ0n) is 6.47. The molecular weight excluding hydrogens is 246 g/mol. The Balaban J connectivity index is 3.25. The fourth-order valence-corrected chi connectivity index (χ4v) is 1.24. The quantitative estimate of drug-likeness (QED) is 0.845. The molecule has 0 radical (unpaired) electrons. The van der Waals surface area contributed by atoms with Gasteiger partial charge >= 0.3 is 0 Å². The van der Waals surface area contributed by atoms with Gasteiger partial charge in [0.25, 0.3) is 6.43 Å². The number of aromatic nitrogens is 1. The first-order valence-corrected chi connectivity index (χ1v) is 4.19. The molecule has 3 N–H and O–H groups in total. The highest BCUT2D eigenvalue weighted by atomic mass is 79.9. The normalized spacial score (nSPS) is 10.8. The summed E-state index contributed by atoms with van der Waals surface area (Å²) < 4.78 is 25.0. The lowest BCUT2D eigenvalue weighted by Crippen LogP contribution is -2.03. The van der Waals surface area contributed by atoms with Gasteiger partial charge in [0.1, 0.15) is 11.5 Å². The Morgan fingerprint density at radius 2 is 2.23 bits per heavy atom. The summed E-state index contributed by atoms with van der Waals surface area (Å²) in [6.45, 7) is -0.481. The number of halogens is 3. The summed E-state index contributed by atoms with van der Waals surface area (Å²) in [5.41, 5.74) is 4.92. The van der Waals surface area contributed by atoms with E-state index in [0.29, 0.717) is 4.47 Å². The van der Waals surface area contributed by atoms with Gasteiger partial charge in [-0.2, -0.15) is 0 Å². The fraction of sp³-hybridized carbons (Fsp3) is 0.286. The number of aliphatic hydroxyl groups is 1. The number of nitrogens with zero attached hydrogens (tertiary/aromatic N) is 1. The molecule has 72 valence electrons. The van der Waals surface area contributed by atoms with Gasteiger partial charge < -0.3 is 10.8 Å². The SMILES string of the molecule is Nc1nc(C(F)F)c(CO)cc1Br. The van der Waals surface area contributed by atoms with Crippen molar-refractivity contribution in [1.29, 1.82) is 0 Å². The van der Waals surface area contributed by atoms with Crippen molar-refractivity contribution in [2.24, 2.45) is 0 Å². The molecule has 1 heterocycles. The predicted molar refractivity (Wildman–Crippen MR) is 47.2 cm³/mol. The number of anilines is 1. The van der Waals surface area contributed by atoms with Crippen molar-refractivity contribution in [3.05, 3.63) is 21.8 Å². The summed E-state index contributed by atoms with van der Waals surface area (Å²) in [5.74, 6) is -0.00694. The number of rotatable bonds is 2. The molecule has 0 saturated carbocycles. The summed E-state index contributed by atoms with van der Waals surface area (Å²) in [7, 11) is 0. The molecule has 6 heteroatoms. The van der Waals surface area contributed by atoms with Crippen LogP contribution in [0, 0.1) is 0 Å². The summed E-state index contributed by atoms with van der Waals surface area (Å²) in [5, 5.41) is 8.75. The molecule has 0 aliphatic heterocycles. The Hall–Kier alpha value is -0.750. The van der Waals surface area contributed by atoms with Crippen LogP contribution in [0.1, 0.15) is 17.7 Å². The number of aliphatic hydroxyl groups excluding tert-OH is 1. The molecule has 0 bridgehead atoms. The number of alkyl halides is 2. The standard InChI is InChI=1S/C7H7BrF2N2O/c8-4-1-3(2-13)5(6(9)10)12-7(4)11/h1,6,13H,2H2,(H2,11,12). The third-order valence-corrected chi connectivity index (χ3v) is 2.13. The minimum absolute atomic E-state index is 0.00694. The maximum absolute atomic E-state index is 12.3. The highest BCUT2D eigenvalue weighted by molar-refractivity contribution is 9.10. The van der Waals surface area contributed by atoms with Gasteiger partial charge in [-0.1, -0.05) is 0 Å². The molecule has 0 aromatic carbocycles. The van der Waals surface area contributed by atoms with Crippen molar-refractivity contribution >= 4 is 21.7 Å². The monoisotopic (exact) mass is 252 g/mol. The van der Waals surface area contributed by atoms with E-state index >= 15 is 0 Å². The van der Waals surface area contributed by atoms with E-state index in [-0.39, 0.29) is 11.4 Å². The van der Waals surface area contributed by atoms with E-state index in [9.17, 15) is 8.78 Å². The van der Waals surface area contributed by atoms with Crippen molar-refractivity contribution in [3.63, 3.8) is 0 Å². The summed E-state index contributed by atoms with van der Waals surface area (Å²) in [4.78, 5) is 3.46. The average molecular weight is 253 g/mol. The number of hydrogen-bond donors (Lipinski definition) is 2. The molecule has 0 unspecified atom stereocenters. The predicted octanol–water partition coefficient (Wildman–Crippen LogP) is 1.86. The molecule has 0 fully saturated rings. The summed E-state index contributed by atoms with van der Waals surface area (Å²) in [6.07, 6.45) is -2.72. The van der Waals surface area contributed by atoms with Crippen LogP contribution in [0.3, 0.4) is 0 Å². The molecule has 0 amide bonds. The first-order chi connectivity index (χ1) is 6.06. The van der Waals surface area contributed by atoms with Crippen LogP contribution in [0.25, 0.3) is 0 Å². The second-order valence-corrected chi connectivity index (χ2v) is 3.21. The van der Waals surface area contributed by atoms with Gasteiger partial charge in [0.15, 0.2) is 0 Å². The van der Waals surface area contributed by atoms with Crippen LogP contribution in [0.15, 0.2) is 10.5 Å². The highest BCUT2D eigenvalue weighted by Gasteiger charge is 2.16. The van der Waals surface area contributed by atoms with Crippen molar-refractivity contribution in [3.8, 4) is 0 Å². The van der Waals surface area contributed by atoms with E-state index in [1.807, 2.05) is 0 Å². The van der Waals surface area contributed by atoms with Crippen molar-refractivity contribution < 1.29 is 13.9 Å². The first-order valence-electron chi connectivity index (χ1n) is 3.40. The minimum atomic E-state index is -2.72. The maximum atomic E-state index is 12.3. The largest absolute Gasteiger partial charge is 0.392 e. The van der Waals surface area contributed by atoms with Gasteiger partial charge in [0.05, 0.1) is 11.1 Å². The van der Waals surface area contributed by atoms with E-state index in [1.54, 1.807) is 0 Å². The van der Waals surface area contributed by atoms with Gasteiger partial charge in [-0.3, -0.25) is 0 Å². The molecule has 3 nitrogen and oxygen atoms in total. The maximum Gasteiger partial charge on any atom is 0.280 e. The third kappa shape index (κ3) is 2.13. The molecule has 0 saturated heterocycles. The molecule has 1 rings (SSSR count). The van der Waals surface area contributed by atoms with Crippen molar-refractivity contribution in [2.45, 2.75) is 13.0 Å². The molecule has 1 aromatic heterocycles. The van der Waals surface area contributed by atoms with E-state index in [2.05, 4.69) is 20.9 Å². The molecule has 0 aliphatic carbocycles. The van der Waals surface area contributed by atoms with Crippen LogP contribution in [0.5, 0.6) is 0 Å². The zero-order valence-corrected chi connectivity index (χ0v) is 8.05. The molecule has 0 atom stereocenters. The van der Waals surface area contributed by atoms with Gasteiger partial charge in [0, 0.05) is 5.56 Å². The molecule has 0 aliphatic rings. The van der Waals surface area contributed by atoms with Gasteiger partial charge in [-0.25, -0.2) is 13.8 Å². The van der Waals surface area contributed by atoms with Crippen LogP contribution < -0.4 is 5.73 Å². The van der Waals surface area contributed by atoms with Crippen LogP contribution in [0.2, 0.25) is 0 Å². The zero-order chi connectivity index (χ0) is 10.0. The smallest absolute Gasteiger partial charge is 0.280 e. The van der Waals surface area contributed by atoms with Crippen LogP contribution in [-0.4, -0.2) is 10.1 Å². The first kappa shape index (κ1) is 10.3. The molecule has 0 spiro atoms. The lowest BCUT2D eigenvalue weighted by atomic mass is 10.2. The summed E-state index contributed by atoms with van der Waals surface area (Å²) in [6, 6.07) is 1.34. The Morgan fingerprint density at radius 1 is 1.62 bits per heavy atom. The van der Waals surface area contributed by atoms with Crippen molar-refractivity contribution in [2.75, 3.05) is 5.73 Å². The van der Waals surface area contributed by atoms with E-state index in [0.717, 1.165) is 0 Å².